The molecule has 0 bridgehead atoms. The second kappa shape index (κ2) is 7.53. The lowest BCUT2D eigenvalue weighted by atomic mass is 10.1. The molecule has 0 spiro atoms. The quantitative estimate of drug-likeness (QED) is 0.320. The predicted molar refractivity (Wildman–Crippen MR) is 107 cm³/mol. The molecule has 3 aromatic carbocycles. The van der Waals surface area contributed by atoms with E-state index in [4.69, 9.17) is 21.1 Å². The molecule has 0 aromatic heterocycles. The van der Waals surface area contributed by atoms with Gasteiger partial charge in [0.05, 0.1) is 11.1 Å². The van der Waals surface area contributed by atoms with Crippen LogP contribution in [0.15, 0.2) is 66.4 Å². The maximum Gasteiger partial charge on any atom is 0.343 e. The van der Waals surface area contributed by atoms with Gasteiger partial charge in [-0.2, -0.15) is 0 Å². The van der Waals surface area contributed by atoms with Crippen LogP contribution in [0.3, 0.4) is 0 Å². The van der Waals surface area contributed by atoms with Gasteiger partial charge >= 0.3 is 5.97 Å². The fourth-order valence-corrected chi connectivity index (χ4v) is 3.06. The number of hydrogen-bond acceptors (Lipinski definition) is 4. The van der Waals surface area contributed by atoms with Gasteiger partial charge in [-0.15, -0.1) is 0 Å². The molecule has 6 heteroatoms. The summed E-state index contributed by atoms with van der Waals surface area (Å²) in [5.41, 5.74) is 1.90. The van der Waals surface area contributed by atoms with E-state index in [1.807, 2.05) is 0 Å². The van der Waals surface area contributed by atoms with Crippen molar-refractivity contribution in [2.45, 2.75) is 6.92 Å². The van der Waals surface area contributed by atoms with Crippen molar-refractivity contribution in [3.63, 3.8) is 0 Å². The Bertz CT molecular complexity index is 1150. The van der Waals surface area contributed by atoms with Crippen LogP contribution in [0.25, 0.3) is 6.08 Å². The Kier molecular flexibility index (Phi) is 4.91. The van der Waals surface area contributed by atoms with Crippen molar-refractivity contribution in [2.24, 2.45) is 0 Å². The monoisotopic (exact) mass is 408 g/mol. The first-order chi connectivity index (χ1) is 13.9. The number of halogens is 2. The number of allylic oxidation sites excluding steroid dienone is 1. The molecule has 1 heterocycles. The van der Waals surface area contributed by atoms with Gasteiger partial charge in [-0.05, 0) is 67.1 Å². The zero-order chi connectivity index (χ0) is 20.5. The number of rotatable bonds is 3. The molecule has 0 amide bonds. The molecule has 0 N–H and O–H groups in total. The summed E-state index contributed by atoms with van der Waals surface area (Å²) in [6, 6.07) is 15.1. The molecule has 144 valence electrons. The number of carbonyl (C=O) groups is 2. The van der Waals surface area contributed by atoms with Crippen LogP contribution >= 0.6 is 11.6 Å². The van der Waals surface area contributed by atoms with Crippen molar-refractivity contribution in [3.05, 3.63) is 99.5 Å². The summed E-state index contributed by atoms with van der Waals surface area (Å²) in [6.45, 7) is 1.70. The largest absolute Gasteiger partial charge is 0.452 e. The first kappa shape index (κ1) is 18.9. The smallest absolute Gasteiger partial charge is 0.343 e. The number of benzene rings is 3. The molecule has 0 radical (unpaired) electrons. The third-order valence-corrected chi connectivity index (χ3v) is 4.74. The summed E-state index contributed by atoms with van der Waals surface area (Å²) in [5.74, 6) is -0.545. The van der Waals surface area contributed by atoms with E-state index >= 15 is 0 Å². The molecule has 4 rings (SSSR count). The minimum absolute atomic E-state index is 0.174. The highest BCUT2D eigenvalue weighted by Crippen LogP contribution is 2.39. The predicted octanol–water partition coefficient (Wildman–Crippen LogP) is 5.62. The molecule has 1 aliphatic rings. The Morgan fingerprint density at radius 3 is 2.41 bits per heavy atom. The Morgan fingerprint density at radius 1 is 1.03 bits per heavy atom. The SMILES string of the molecule is Cc1c(OC(=O)c2ccc(F)cc2)ccc2c1O/C(=C\c1ccc(Cl)cc1)C2=O. The van der Waals surface area contributed by atoms with Gasteiger partial charge in [0.2, 0.25) is 5.78 Å². The highest BCUT2D eigenvalue weighted by molar-refractivity contribution is 6.30. The topological polar surface area (TPSA) is 52.6 Å². The van der Waals surface area contributed by atoms with Gasteiger partial charge in [-0.1, -0.05) is 23.7 Å². The molecule has 0 unspecified atom stereocenters. The molecule has 4 nitrogen and oxygen atoms in total. The number of hydrogen-bond donors (Lipinski definition) is 0. The maximum absolute atomic E-state index is 13.0. The van der Waals surface area contributed by atoms with Gasteiger partial charge in [-0.3, -0.25) is 4.79 Å². The van der Waals surface area contributed by atoms with Crippen LogP contribution in [0.5, 0.6) is 11.5 Å². The number of fused-ring (bicyclic) bond motifs is 1. The second-order valence-corrected chi connectivity index (χ2v) is 6.89. The van der Waals surface area contributed by atoms with E-state index in [1.54, 1.807) is 49.4 Å². The maximum atomic E-state index is 13.0. The van der Waals surface area contributed by atoms with E-state index in [0.717, 1.165) is 5.56 Å². The van der Waals surface area contributed by atoms with Crippen molar-refractivity contribution >= 4 is 29.4 Å². The van der Waals surface area contributed by atoms with Crippen molar-refractivity contribution < 1.29 is 23.5 Å². The van der Waals surface area contributed by atoms with Crippen molar-refractivity contribution in [2.75, 3.05) is 0 Å². The Morgan fingerprint density at radius 2 is 1.72 bits per heavy atom. The first-order valence-electron chi connectivity index (χ1n) is 8.73. The van der Waals surface area contributed by atoms with Crippen LogP contribution in [0.4, 0.5) is 4.39 Å². The van der Waals surface area contributed by atoms with Crippen molar-refractivity contribution in [1.82, 2.24) is 0 Å². The molecular formula is C23H14ClFO4. The summed E-state index contributed by atoms with van der Waals surface area (Å²) >= 11 is 5.88. The van der Waals surface area contributed by atoms with E-state index in [-0.39, 0.29) is 22.9 Å². The lowest BCUT2D eigenvalue weighted by Crippen LogP contribution is -2.09. The minimum Gasteiger partial charge on any atom is -0.452 e. The third kappa shape index (κ3) is 3.77. The summed E-state index contributed by atoms with van der Waals surface area (Å²) in [5, 5.41) is 0.595. The molecule has 0 fully saturated rings. The number of Topliss-reactive ketones (excluding diaryl/α,β-unsaturated/α-hetero) is 1. The van der Waals surface area contributed by atoms with E-state index in [9.17, 15) is 14.0 Å². The highest BCUT2D eigenvalue weighted by Gasteiger charge is 2.30. The number of carbonyl (C=O) groups excluding carboxylic acids is 2. The molecule has 0 saturated carbocycles. The van der Waals surface area contributed by atoms with Gasteiger partial charge in [0, 0.05) is 10.6 Å². The molecule has 1 aliphatic heterocycles. The highest BCUT2D eigenvalue weighted by atomic mass is 35.5. The minimum atomic E-state index is -0.630. The summed E-state index contributed by atoms with van der Waals surface area (Å²) in [6.07, 6.45) is 1.63. The summed E-state index contributed by atoms with van der Waals surface area (Å²) in [4.78, 5) is 24.9. The lowest BCUT2D eigenvalue weighted by Gasteiger charge is -2.10. The van der Waals surface area contributed by atoms with Crippen molar-refractivity contribution in [1.29, 1.82) is 0 Å². The average molecular weight is 409 g/mol. The fraction of sp³-hybridized carbons (Fsp3) is 0.0435. The van der Waals surface area contributed by atoms with E-state index in [0.29, 0.717) is 21.9 Å². The number of ether oxygens (including phenoxy) is 2. The fourth-order valence-electron chi connectivity index (χ4n) is 2.93. The molecule has 0 aliphatic carbocycles. The zero-order valence-electron chi connectivity index (χ0n) is 15.2. The normalized spacial score (nSPS) is 13.9. The lowest BCUT2D eigenvalue weighted by molar-refractivity contribution is 0.0733. The molecular weight excluding hydrogens is 395 g/mol. The molecule has 3 aromatic rings. The van der Waals surface area contributed by atoms with Gasteiger partial charge in [0.15, 0.2) is 5.76 Å². The summed E-state index contributed by atoms with van der Waals surface area (Å²) < 4.78 is 24.2. The molecule has 0 atom stereocenters. The van der Waals surface area contributed by atoms with Crippen LogP contribution in [-0.4, -0.2) is 11.8 Å². The Hall–Kier alpha value is -3.44. The molecule has 0 saturated heterocycles. The van der Waals surface area contributed by atoms with Crippen LogP contribution in [0, 0.1) is 12.7 Å². The van der Waals surface area contributed by atoms with Crippen LogP contribution in [0.1, 0.15) is 31.8 Å². The third-order valence-electron chi connectivity index (χ3n) is 4.49. The average Bonchev–Trinajstić information content (AvgIpc) is 3.03. The van der Waals surface area contributed by atoms with Crippen LogP contribution in [0.2, 0.25) is 5.02 Å². The second-order valence-electron chi connectivity index (χ2n) is 6.45. The van der Waals surface area contributed by atoms with Gasteiger partial charge in [-0.25, -0.2) is 9.18 Å². The molecule has 29 heavy (non-hydrogen) atoms. The Balaban J connectivity index is 1.60. The van der Waals surface area contributed by atoms with E-state index in [1.165, 1.54) is 24.3 Å². The van der Waals surface area contributed by atoms with Crippen LogP contribution < -0.4 is 9.47 Å². The van der Waals surface area contributed by atoms with E-state index < -0.39 is 11.8 Å². The van der Waals surface area contributed by atoms with Crippen LogP contribution in [-0.2, 0) is 0 Å². The van der Waals surface area contributed by atoms with E-state index in [2.05, 4.69) is 0 Å². The van der Waals surface area contributed by atoms with Gasteiger partial charge < -0.3 is 9.47 Å². The summed E-state index contributed by atoms with van der Waals surface area (Å²) in [7, 11) is 0. The number of esters is 1. The van der Waals surface area contributed by atoms with Gasteiger partial charge in [0.1, 0.15) is 17.3 Å². The standard InChI is InChI=1S/C23H14ClFO4/c1-13-19(29-23(27)15-4-8-17(25)9-5-15)11-10-18-21(26)20(28-22(13)18)12-14-2-6-16(24)7-3-14/h2-12H,1H3/b20-12-. The number of ketones is 1. The van der Waals surface area contributed by atoms with Crippen molar-refractivity contribution in [3.8, 4) is 11.5 Å². The Labute approximate surface area is 171 Å². The van der Waals surface area contributed by atoms with Gasteiger partial charge in [0.25, 0.3) is 0 Å². The zero-order valence-corrected chi connectivity index (χ0v) is 16.0. The first-order valence-corrected chi connectivity index (χ1v) is 9.11.